The van der Waals surface area contributed by atoms with Crippen molar-refractivity contribution in [3.63, 3.8) is 0 Å². The second kappa shape index (κ2) is 7.77. The minimum Gasteiger partial charge on any atom is -0.497 e. The number of hydrogen-bond acceptors (Lipinski definition) is 7. The van der Waals surface area contributed by atoms with Gasteiger partial charge in [-0.25, -0.2) is 4.98 Å². The van der Waals surface area contributed by atoms with Crippen molar-refractivity contribution in [3.05, 3.63) is 64.3 Å². The van der Waals surface area contributed by atoms with E-state index in [4.69, 9.17) is 9.47 Å². The summed E-state index contributed by atoms with van der Waals surface area (Å²) in [6.07, 6.45) is 3.61. The Balaban J connectivity index is 1.40. The Hall–Kier alpha value is -3.26. The summed E-state index contributed by atoms with van der Waals surface area (Å²) in [5.74, 6) is 2.22. The van der Waals surface area contributed by atoms with Gasteiger partial charge in [0.15, 0.2) is 5.69 Å². The molecule has 5 rings (SSSR count). The molecule has 8 nitrogen and oxygen atoms in total. The minimum absolute atomic E-state index is 0.0700. The van der Waals surface area contributed by atoms with Crippen LogP contribution in [0.3, 0.4) is 0 Å². The molecule has 4 heterocycles. The minimum atomic E-state index is -0.125. The molecular formula is C23H25N5O3. The van der Waals surface area contributed by atoms with Crippen molar-refractivity contribution >= 4 is 0 Å². The first-order chi connectivity index (χ1) is 15.1. The third-order valence-corrected chi connectivity index (χ3v) is 6.47. The number of nitrogens with zero attached hydrogens (tertiary/aromatic N) is 5. The highest BCUT2D eigenvalue weighted by atomic mass is 16.5. The van der Waals surface area contributed by atoms with Gasteiger partial charge in [-0.1, -0.05) is 6.07 Å². The first kappa shape index (κ1) is 19.7. The lowest BCUT2D eigenvalue weighted by molar-refractivity contribution is 0.291. The number of hydrogen-bond donors (Lipinski definition) is 0. The van der Waals surface area contributed by atoms with Gasteiger partial charge >= 0.3 is 0 Å². The number of methoxy groups -OCH3 is 2. The van der Waals surface area contributed by atoms with Crippen molar-refractivity contribution in [2.24, 2.45) is 0 Å². The topological polar surface area (TPSA) is 82.4 Å². The third kappa shape index (κ3) is 3.37. The molecule has 160 valence electrons. The molecule has 0 radical (unpaired) electrons. The molecule has 3 aromatic rings. The summed E-state index contributed by atoms with van der Waals surface area (Å²) in [4.78, 5) is 19.9. The molecule has 1 spiro atoms. The van der Waals surface area contributed by atoms with Crippen LogP contribution in [0, 0.1) is 0 Å². The van der Waals surface area contributed by atoms with E-state index in [1.807, 2.05) is 41.0 Å². The van der Waals surface area contributed by atoms with Gasteiger partial charge in [-0.2, -0.15) is 0 Å². The zero-order valence-corrected chi connectivity index (χ0v) is 17.7. The number of ether oxygens (including phenoxy) is 2. The van der Waals surface area contributed by atoms with E-state index in [9.17, 15) is 4.79 Å². The van der Waals surface area contributed by atoms with Gasteiger partial charge < -0.3 is 9.47 Å². The van der Waals surface area contributed by atoms with Crippen molar-refractivity contribution in [1.82, 2.24) is 24.6 Å². The monoisotopic (exact) mass is 419 g/mol. The van der Waals surface area contributed by atoms with E-state index in [1.165, 1.54) is 0 Å². The van der Waals surface area contributed by atoms with Crippen molar-refractivity contribution in [2.75, 3.05) is 27.3 Å². The smallest absolute Gasteiger partial charge is 0.280 e. The van der Waals surface area contributed by atoms with E-state index >= 15 is 0 Å². The molecule has 0 saturated carbocycles. The summed E-state index contributed by atoms with van der Waals surface area (Å²) in [5.41, 5.74) is 2.02. The quantitative estimate of drug-likeness (QED) is 0.627. The van der Waals surface area contributed by atoms with Gasteiger partial charge in [0.05, 0.1) is 14.2 Å². The largest absolute Gasteiger partial charge is 0.497 e. The Bertz CT molecular complexity index is 1160. The van der Waals surface area contributed by atoms with Crippen LogP contribution in [0.4, 0.5) is 0 Å². The van der Waals surface area contributed by atoms with Crippen LogP contribution in [0.25, 0.3) is 11.3 Å². The van der Waals surface area contributed by atoms with Gasteiger partial charge in [0, 0.05) is 42.4 Å². The predicted molar refractivity (Wildman–Crippen MR) is 115 cm³/mol. The summed E-state index contributed by atoms with van der Waals surface area (Å²) in [6, 6.07) is 11.3. The molecule has 2 aromatic heterocycles. The van der Waals surface area contributed by atoms with Crippen molar-refractivity contribution in [1.29, 1.82) is 0 Å². The maximum atomic E-state index is 13.2. The average Bonchev–Trinajstić information content (AvgIpc) is 3.39. The summed E-state index contributed by atoms with van der Waals surface area (Å²) in [5, 5.41) is 8.93. The van der Waals surface area contributed by atoms with E-state index in [0.29, 0.717) is 18.1 Å². The zero-order valence-electron chi connectivity index (χ0n) is 17.7. The van der Waals surface area contributed by atoms with Crippen LogP contribution in [-0.4, -0.2) is 52.0 Å². The Labute approximate surface area is 180 Å². The fourth-order valence-corrected chi connectivity index (χ4v) is 4.83. The Morgan fingerprint density at radius 1 is 1.03 bits per heavy atom. The number of likely N-dealkylation sites (tertiary alicyclic amines) is 1. The summed E-state index contributed by atoms with van der Waals surface area (Å²) < 4.78 is 12.4. The van der Waals surface area contributed by atoms with E-state index in [-0.39, 0.29) is 11.0 Å². The SMILES string of the molecule is COc1ccc(-c2nnc3n(c2=O)CCC32CCN(Cc3cccnc3OC)C2)cc1. The zero-order chi connectivity index (χ0) is 21.4. The lowest BCUT2D eigenvalue weighted by Gasteiger charge is -2.23. The second-order valence-electron chi connectivity index (χ2n) is 8.22. The first-order valence-corrected chi connectivity index (χ1v) is 10.5. The maximum Gasteiger partial charge on any atom is 0.280 e. The van der Waals surface area contributed by atoms with Crippen LogP contribution < -0.4 is 15.0 Å². The standard InChI is InChI=1S/C23H25N5O3/c1-30-18-7-5-16(6-8-18)19-21(29)28-13-10-23(22(28)26-25-19)9-12-27(15-23)14-17-4-3-11-24-20(17)31-2/h3-8,11H,9-10,12-15H2,1-2H3. The molecule has 2 aliphatic heterocycles. The molecule has 1 unspecified atom stereocenters. The highest BCUT2D eigenvalue weighted by Gasteiger charge is 2.47. The molecular weight excluding hydrogens is 394 g/mol. The number of fused-ring (bicyclic) bond motifs is 2. The fourth-order valence-electron chi connectivity index (χ4n) is 4.83. The Kier molecular flexibility index (Phi) is 4.94. The van der Waals surface area contributed by atoms with Gasteiger partial charge in [0.2, 0.25) is 5.88 Å². The molecule has 0 amide bonds. The average molecular weight is 419 g/mol. The molecule has 1 saturated heterocycles. The van der Waals surface area contributed by atoms with E-state index < -0.39 is 0 Å². The molecule has 31 heavy (non-hydrogen) atoms. The fraction of sp³-hybridized carbons (Fsp3) is 0.391. The normalized spacial score (nSPS) is 20.2. The number of pyridine rings is 1. The van der Waals surface area contributed by atoms with E-state index in [1.54, 1.807) is 20.4 Å². The molecule has 1 aromatic carbocycles. The van der Waals surface area contributed by atoms with Crippen LogP contribution in [0.15, 0.2) is 47.4 Å². The number of rotatable bonds is 5. The predicted octanol–water partition coefficient (Wildman–Crippen LogP) is 2.26. The number of benzene rings is 1. The lowest BCUT2D eigenvalue weighted by atomic mass is 9.85. The van der Waals surface area contributed by atoms with Crippen molar-refractivity contribution in [2.45, 2.75) is 31.3 Å². The summed E-state index contributed by atoms with van der Waals surface area (Å²) in [7, 11) is 3.26. The summed E-state index contributed by atoms with van der Waals surface area (Å²) in [6.45, 7) is 3.23. The van der Waals surface area contributed by atoms with Crippen LogP contribution >= 0.6 is 0 Å². The molecule has 0 aliphatic carbocycles. The third-order valence-electron chi connectivity index (χ3n) is 6.47. The molecule has 0 bridgehead atoms. The highest BCUT2D eigenvalue weighted by molar-refractivity contribution is 5.58. The van der Waals surface area contributed by atoms with Gasteiger partial charge in [-0.3, -0.25) is 14.3 Å². The highest BCUT2D eigenvalue weighted by Crippen LogP contribution is 2.41. The van der Waals surface area contributed by atoms with E-state index in [0.717, 1.165) is 55.2 Å². The molecule has 1 atom stereocenters. The first-order valence-electron chi connectivity index (χ1n) is 10.5. The van der Waals surface area contributed by atoms with Gasteiger partial charge in [-0.15, -0.1) is 10.2 Å². The van der Waals surface area contributed by atoms with E-state index in [2.05, 4.69) is 20.1 Å². The maximum absolute atomic E-state index is 13.2. The van der Waals surface area contributed by atoms with Crippen LogP contribution in [0.2, 0.25) is 0 Å². The van der Waals surface area contributed by atoms with Crippen LogP contribution in [0.5, 0.6) is 11.6 Å². The Morgan fingerprint density at radius 2 is 1.84 bits per heavy atom. The van der Waals surface area contributed by atoms with Gasteiger partial charge in [0.1, 0.15) is 11.6 Å². The van der Waals surface area contributed by atoms with Crippen LogP contribution in [-0.2, 0) is 18.5 Å². The summed E-state index contributed by atoms with van der Waals surface area (Å²) >= 11 is 0. The van der Waals surface area contributed by atoms with Crippen LogP contribution in [0.1, 0.15) is 24.2 Å². The Morgan fingerprint density at radius 3 is 2.61 bits per heavy atom. The van der Waals surface area contributed by atoms with Crippen molar-refractivity contribution in [3.8, 4) is 22.9 Å². The molecule has 1 fully saturated rings. The molecule has 2 aliphatic rings. The molecule has 8 heteroatoms. The van der Waals surface area contributed by atoms with Crippen molar-refractivity contribution < 1.29 is 9.47 Å². The second-order valence-corrected chi connectivity index (χ2v) is 8.22. The lowest BCUT2D eigenvalue weighted by Crippen LogP contribution is -2.33. The van der Waals surface area contributed by atoms with Gasteiger partial charge in [0.25, 0.3) is 5.56 Å². The molecule has 0 N–H and O–H groups in total. The van der Waals surface area contributed by atoms with Gasteiger partial charge in [-0.05, 0) is 49.7 Å². The number of aromatic nitrogens is 4.